The number of aromatic nitrogens is 3. The SMILES string of the molecule is CCc1nsc(Sc2ccc(CC(N)CC)cn2)n1. The highest BCUT2D eigenvalue weighted by Gasteiger charge is 2.06. The molecule has 0 saturated heterocycles. The average Bonchev–Trinajstić information content (AvgIpc) is 2.88. The van der Waals surface area contributed by atoms with Gasteiger partial charge in [-0.2, -0.15) is 4.37 Å². The maximum Gasteiger partial charge on any atom is 0.176 e. The minimum atomic E-state index is 0.218. The summed E-state index contributed by atoms with van der Waals surface area (Å²) in [5, 5.41) is 0.952. The van der Waals surface area contributed by atoms with E-state index in [0.717, 1.165) is 34.5 Å². The van der Waals surface area contributed by atoms with Crippen LogP contribution >= 0.6 is 23.3 Å². The van der Waals surface area contributed by atoms with Crippen molar-refractivity contribution in [2.45, 2.75) is 48.5 Å². The predicted octanol–water partition coefficient (Wildman–Crippen LogP) is 2.93. The molecule has 0 radical (unpaired) electrons. The number of nitrogens with zero attached hydrogens (tertiary/aromatic N) is 3. The first kappa shape index (κ1) is 14.4. The Morgan fingerprint density at radius 3 is 2.79 bits per heavy atom. The van der Waals surface area contributed by atoms with Crippen LogP contribution in [0, 0.1) is 0 Å². The highest BCUT2D eigenvalue weighted by atomic mass is 32.2. The van der Waals surface area contributed by atoms with E-state index in [0.29, 0.717) is 0 Å². The Morgan fingerprint density at radius 2 is 2.21 bits per heavy atom. The van der Waals surface area contributed by atoms with Crippen LogP contribution in [0.15, 0.2) is 27.7 Å². The molecule has 2 N–H and O–H groups in total. The second kappa shape index (κ2) is 6.98. The smallest absolute Gasteiger partial charge is 0.176 e. The van der Waals surface area contributed by atoms with Crippen LogP contribution in [-0.4, -0.2) is 20.4 Å². The molecular weight excluding hydrogens is 276 g/mol. The third-order valence-electron chi connectivity index (χ3n) is 2.78. The van der Waals surface area contributed by atoms with Crippen molar-refractivity contribution < 1.29 is 0 Å². The van der Waals surface area contributed by atoms with Crippen LogP contribution in [0.1, 0.15) is 31.7 Å². The molecule has 2 heterocycles. The summed E-state index contributed by atoms with van der Waals surface area (Å²) in [6.45, 7) is 4.16. The Kier molecular flexibility index (Phi) is 5.30. The largest absolute Gasteiger partial charge is 0.327 e. The minimum Gasteiger partial charge on any atom is -0.327 e. The van der Waals surface area contributed by atoms with E-state index in [9.17, 15) is 0 Å². The minimum absolute atomic E-state index is 0.218. The summed E-state index contributed by atoms with van der Waals surface area (Å²) in [6.07, 6.45) is 4.65. The molecule has 2 aromatic heterocycles. The molecule has 0 aromatic carbocycles. The molecule has 19 heavy (non-hydrogen) atoms. The number of rotatable bonds is 6. The second-order valence-corrected chi connectivity index (χ2v) is 6.33. The van der Waals surface area contributed by atoms with Crippen molar-refractivity contribution in [3.05, 3.63) is 29.7 Å². The molecule has 102 valence electrons. The lowest BCUT2D eigenvalue weighted by Gasteiger charge is -2.08. The molecule has 0 saturated carbocycles. The van der Waals surface area contributed by atoms with Gasteiger partial charge in [-0.25, -0.2) is 9.97 Å². The van der Waals surface area contributed by atoms with Crippen LogP contribution in [0.25, 0.3) is 0 Å². The Balaban J connectivity index is 1.98. The van der Waals surface area contributed by atoms with Gasteiger partial charge in [0.15, 0.2) is 4.34 Å². The molecule has 1 atom stereocenters. The van der Waals surface area contributed by atoms with Crippen molar-refractivity contribution in [3.8, 4) is 0 Å². The highest BCUT2D eigenvalue weighted by Crippen LogP contribution is 2.27. The van der Waals surface area contributed by atoms with Gasteiger partial charge in [0.25, 0.3) is 0 Å². The normalized spacial score (nSPS) is 12.6. The Hall–Kier alpha value is -0.980. The zero-order chi connectivity index (χ0) is 13.7. The molecule has 0 bridgehead atoms. The van der Waals surface area contributed by atoms with Crippen molar-refractivity contribution in [1.82, 2.24) is 14.3 Å². The molecule has 6 heteroatoms. The Morgan fingerprint density at radius 1 is 1.37 bits per heavy atom. The third-order valence-corrected chi connectivity index (χ3v) is 4.52. The monoisotopic (exact) mass is 294 g/mol. The van der Waals surface area contributed by atoms with E-state index in [1.54, 1.807) is 11.8 Å². The quantitative estimate of drug-likeness (QED) is 0.887. The first-order chi connectivity index (χ1) is 9.21. The number of nitrogens with two attached hydrogens (primary N) is 1. The first-order valence-corrected chi connectivity index (χ1v) is 8.01. The van der Waals surface area contributed by atoms with E-state index >= 15 is 0 Å². The van der Waals surface area contributed by atoms with E-state index in [-0.39, 0.29) is 6.04 Å². The van der Waals surface area contributed by atoms with Gasteiger partial charge in [-0.05, 0) is 47.8 Å². The predicted molar refractivity (Wildman–Crippen MR) is 79.6 cm³/mol. The van der Waals surface area contributed by atoms with Crippen LogP contribution in [0.5, 0.6) is 0 Å². The van der Waals surface area contributed by atoms with Crippen molar-refractivity contribution in [2.75, 3.05) is 0 Å². The lowest BCUT2D eigenvalue weighted by molar-refractivity contribution is 0.644. The molecule has 2 aromatic rings. The van der Waals surface area contributed by atoms with Crippen LogP contribution < -0.4 is 5.73 Å². The topological polar surface area (TPSA) is 64.7 Å². The molecule has 0 spiro atoms. The summed E-state index contributed by atoms with van der Waals surface area (Å²) in [7, 11) is 0. The van der Waals surface area contributed by atoms with Gasteiger partial charge >= 0.3 is 0 Å². The van der Waals surface area contributed by atoms with E-state index in [4.69, 9.17) is 5.73 Å². The molecule has 1 unspecified atom stereocenters. The average molecular weight is 294 g/mol. The molecule has 0 aliphatic heterocycles. The second-order valence-electron chi connectivity index (χ2n) is 4.31. The maximum absolute atomic E-state index is 5.94. The van der Waals surface area contributed by atoms with Gasteiger partial charge in [-0.15, -0.1) is 0 Å². The lowest BCUT2D eigenvalue weighted by Crippen LogP contribution is -2.21. The van der Waals surface area contributed by atoms with Gasteiger partial charge in [-0.3, -0.25) is 0 Å². The van der Waals surface area contributed by atoms with Gasteiger partial charge < -0.3 is 5.73 Å². The summed E-state index contributed by atoms with van der Waals surface area (Å²) in [6, 6.07) is 4.33. The van der Waals surface area contributed by atoms with Gasteiger partial charge in [-0.1, -0.05) is 19.9 Å². The van der Waals surface area contributed by atoms with Gasteiger partial charge in [0.05, 0.1) is 0 Å². The number of hydrogen-bond donors (Lipinski definition) is 1. The summed E-state index contributed by atoms with van der Waals surface area (Å²) < 4.78 is 5.21. The summed E-state index contributed by atoms with van der Waals surface area (Å²) >= 11 is 2.99. The Labute approximate surface area is 122 Å². The molecular formula is C13H18N4S2. The maximum atomic E-state index is 5.94. The lowest BCUT2D eigenvalue weighted by atomic mass is 10.1. The van der Waals surface area contributed by atoms with Crippen LogP contribution in [0.3, 0.4) is 0 Å². The van der Waals surface area contributed by atoms with Gasteiger partial charge in [0, 0.05) is 18.7 Å². The van der Waals surface area contributed by atoms with Crippen molar-refractivity contribution in [1.29, 1.82) is 0 Å². The van der Waals surface area contributed by atoms with Gasteiger partial charge in [0.1, 0.15) is 10.9 Å². The van der Waals surface area contributed by atoms with E-state index in [2.05, 4.69) is 34.3 Å². The molecule has 0 aliphatic rings. The van der Waals surface area contributed by atoms with Crippen LogP contribution in [0.4, 0.5) is 0 Å². The molecule has 0 amide bonds. The molecule has 2 rings (SSSR count). The summed E-state index contributed by atoms with van der Waals surface area (Å²) in [5.74, 6) is 0.901. The number of pyridine rings is 1. The fraction of sp³-hybridized carbons (Fsp3) is 0.462. The van der Waals surface area contributed by atoms with Crippen LogP contribution in [-0.2, 0) is 12.8 Å². The van der Waals surface area contributed by atoms with Crippen molar-refractivity contribution in [3.63, 3.8) is 0 Å². The van der Waals surface area contributed by atoms with E-state index in [1.165, 1.54) is 17.1 Å². The van der Waals surface area contributed by atoms with Gasteiger partial charge in [0.2, 0.25) is 0 Å². The summed E-state index contributed by atoms with van der Waals surface area (Å²) in [5.41, 5.74) is 7.12. The van der Waals surface area contributed by atoms with Crippen LogP contribution in [0.2, 0.25) is 0 Å². The van der Waals surface area contributed by atoms with Crippen molar-refractivity contribution >= 4 is 23.3 Å². The number of aryl methyl sites for hydroxylation is 1. The fourth-order valence-corrected chi connectivity index (χ4v) is 3.14. The van der Waals surface area contributed by atoms with Crippen molar-refractivity contribution in [2.24, 2.45) is 5.73 Å². The highest BCUT2D eigenvalue weighted by molar-refractivity contribution is 8.00. The standard InChI is InChI=1S/C13H18N4S2/c1-3-10(14)7-9-5-6-12(15-8-9)18-13-16-11(4-2)17-19-13/h5-6,8,10H,3-4,7,14H2,1-2H3. The fourth-order valence-electron chi connectivity index (χ4n) is 1.55. The molecule has 0 fully saturated rings. The van der Waals surface area contributed by atoms with E-state index in [1.807, 2.05) is 12.3 Å². The zero-order valence-corrected chi connectivity index (χ0v) is 12.8. The Bertz CT molecular complexity index is 510. The zero-order valence-electron chi connectivity index (χ0n) is 11.2. The third kappa shape index (κ3) is 4.26. The summed E-state index contributed by atoms with van der Waals surface area (Å²) in [4.78, 5) is 8.86. The number of hydrogen-bond acceptors (Lipinski definition) is 6. The molecule has 4 nitrogen and oxygen atoms in total. The van der Waals surface area contributed by atoms with E-state index < -0.39 is 0 Å². The first-order valence-electron chi connectivity index (χ1n) is 6.42. The molecule has 0 aliphatic carbocycles.